The minimum absolute atomic E-state index is 0.0542. The van der Waals surface area contributed by atoms with Crippen molar-refractivity contribution < 1.29 is 14.0 Å². The molecule has 0 radical (unpaired) electrons. The number of nitrogens with zero attached hydrogens (tertiary/aromatic N) is 1. The zero-order valence-corrected chi connectivity index (χ0v) is 14.2. The highest BCUT2D eigenvalue weighted by atomic mass is 32.2. The highest BCUT2D eigenvalue weighted by Gasteiger charge is 2.23. The van der Waals surface area contributed by atoms with Crippen molar-refractivity contribution in [1.29, 1.82) is 0 Å². The third-order valence-electron chi connectivity index (χ3n) is 3.44. The van der Waals surface area contributed by atoms with Gasteiger partial charge >= 0.3 is 0 Å². The number of hydrogen-bond acceptors (Lipinski definition) is 6. The molecule has 8 nitrogen and oxygen atoms in total. The van der Waals surface area contributed by atoms with Crippen LogP contribution in [0.25, 0.3) is 0 Å². The second-order valence-electron chi connectivity index (χ2n) is 5.71. The van der Waals surface area contributed by atoms with Crippen LogP contribution in [-0.4, -0.2) is 33.6 Å². The molecule has 2 heterocycles. The second kappa shape index (κ2) is 8.02. The minimum Gasteiger partial charge on any atom is -0.467 e. The van der Waals surface area contributed by atoms with Gasteiger partial charge in [0.1, 0.15) is 5.76 Å². The Labute approximate surface area is 147 Å². The molecular formula is C16H18N4O4S. The summed E-state index contributed by atoms with van der Waals surface area (Å²) >= 11 is 1.11. The van der Waals surface area contributed by atoms with Crippen LogP contribution in [0, 0.1) is 0 Å². The molecule has 132 valence electrons. The van der Waals surface area contributed by atoms with Crippen molar-refractivity contribution in [2.75, 3.05) is 5.75 Å². The molecule has 0 saturated heterocycles. The lowest BCUT2D eigenvalue weighted by Crippen LogP contribution is -2.28. The summed E-state index contributed by atoms with van der Waals surface area (Å²) < 4.78 is 5.13. The molecule has 0 unspecified atom stereocenters. The van der Waals surface area contributed by atoms with Crippen LogP contribution in [0.3, 0.4) is 0 Å². The summed E-state index contributed by atoms with van der Waals surface area (Å²) in [6, 6.07) is 5.08. The Hall–Kier alpha value is -2.55. The summed E-state index contributed by atoms with van der Waals surface area (Å²) in [4.78, 5) is 42.1. The highest BCUT2D eigenvalue weighted by Crippen LogP contribution is 2.18. The average Bonchev–Trinajstić information content (AvgIpc) is 3.21. The Morgan fingerprint density at radius 3 is 2.92 bits per heavy atom. The van der Waals surface area contributed by atoms with Crippen LogP contribution < -0.4 is 16.2 Å². The molecule has 1 fully saturated rings. The van der Waals surface area contributed by atoms with Gasteiger partial charge in [0, 0.05) is 12.1 Å². The van der Waals surface area contributed by atoms with Gasteiger partial charge in [-0.25, -0.2) is 4.98 Å². The van der Waals surface area contributed by atoms with E-state index in [1.165, 1.54) is 12.3 Å². The van der Waals surface area contributed by atoms with Crippen LogP contribution in [0.4, 0.5) is 0 Å². The van der Waals surface area contributed by atoms with Crippen molar-refractivity contribution >= 4 is 23.6 Å². The molecule has 3 rings (SSSR count). The predicted octanol–water partition coefficient (Wildman–Crippen LogP) is 0.593. The van der Waals surface area contributed by atoms with Crippen LogP contribution in [-0.2, 0) is 22.6 Å². The normalized spacial score (nSPS) is 13.4. The first-order valence-corrected chi connectivity index (χ1v) is 8.88. The lowest BCUT2D eigenvalue weighted by Gasteiger charge is -2.05. The van der Waals surface area contributed by atoms with Crippen LogP contribution >= 0.6 is 11.8 Å². The zero-order chi connectivity index (χ0) is 17.6. The first-order valence-electron chi connectivity index (χ1n) is 7.90. The quantitative estimate of drug-likeness (QED) is 0.467. The van der Waals surface area contributed by atoms with Gasteiger partial charge in [-0.05, 0) is 25.0 Å². The standard InChI is InChI=1S/C16H18N4O4S/c21-13(18-10-3-4-10)6-11-7-14(22)20-16(19-11)25-9-15(23)17-8-12-2-1-5-24-12/h1-2,5,7,10H,3-4,6,8-9H2,(H,17,23)(H,18,21)(H,19,20,22). The number of rotatable bonds is 8. The van der Waals surface area contributed by atoms with Crippen molar-refractivity contribution in [3.8, 4) is 0 Å². The molecule has 0 bridgehead atoms. The van der Waals surface area contributed by atoms with E-state index in [9.17, 15) is 14.4 Å². The fraction of sp³-hybridized carbons (Fsp3) is 0.375. The van der Waals surface area contributed by atoms with E-state index < -0.39 is 0 Å². The van der Waals surface area contributed by atoms with Gasteiger partial charge in [-0.15, -0.1) is 0 Å². The molecule has 0 aromatic carbocycles. The van der Waals surface area contributed by atoms with E-state index in [1.807, 2.05) is 0 Å². The van der Waals surface area contributed by atoms with E-state index in [4.69, 9.17) is 4.42 Å². The summed E-state index contributed by atoms with van der Waals surface area (Å²) in [6.45, 7) is 0.303. The van der Waals surface area contributed by atoms with Crippen molar-refractivity contribution in [3.05, 3.63) is 46.3 Å². The van der Waals surface area contributed by atoms with Crippen LogP contribution in [0.2, 0.25) is 0 Å². The van der Waals surface area contributed by atoms with E-state index in [2.05, 4.69) is 20.6 Å². The van der Waals surface area contributed by atoms with E-state index >= 15 is 0 Å². The third-order valence-corrected chi connectivity index (χ3v) is 4.31. The fourth-order valence-corrected chi connectivity index (χ4v) is 2.82. The summed E-state index contributed by atoms with van der Waals surface area (Å²) in [5.74, 6) is 0.406. The van der Waals surface area contributed by atoms with Gasteiger partial charge in [0.15, 0.2) is 5.16 Å². The van der Waals surface area contributed by atoms with Crippen molar-refractivity contribution in [1.82, 2.24) is 20.6 Å². The number of amides is 2. The van der Waals surface area contributed by atoms with Crippen LogP contribution in [0.1, 0.15) is 24.3 Å². The van der Waals surface area contributed by atoms with Crippen LogP contribution in [0.5, 0.6) is 0 Å². The number of hydrogen-bond donors (Lipinski definition) is 3. The Morgan fingerprint density at radius 1 is 1.36 bits per heavy atom. The van der Waals surface area contributed by atoms with Gasteiger partial charge in [0.2, 0.25) is 11.8 Å². The van der Waals surface area contributed by atoms with Gasteiger partial charge < -0.3 is 20.0 Å². The van der Waals surface area contributed by atoms with E-state index in [1.54, 1.807) is 12.1 Å². The topological polar surface area (TPSA) is 117 Å². The molecule has 0 atom stereocenters. The highest BCUT2D eigenvalue weighted by molar-refractivity contribution is 7.99. The molecule has 2 aromatic heterocycles. The first-order chi connectivity index (χ1) is 12.1. The molecular weight excluding hydrogens is 344 g/mol. The number of thioether (sulfide) groups is 1. The van der Waals surface area contributed by atoms with Gasteiger partial charge in [0.05, 0.1) is 30.7 Å². The molecule has 3 N–H and O–H groups in total. The maximum atomic E-state index is 11.8. The molecule has 0 spiro atoms. The number of aromatic nitrogens is 2. The van der Waals surface area contributed by atoms with E-state index in [-0.39, 0.29) is 35.6 Å². The number of nitrogens with one attached hydrogen (secondary N) is 3. The van der Waals surface area contributed by atoms with Crippen molar-refractivity contribution in [3.63, 3.8) is 0 Å². The lowest BCUT2D eigenvalue weighted by atomic mass is 10.3. The number of aromatic amines is 1. The van der Waals surface area contributed by atoms with Crippen molar-refractivity contribution in [2.45, 2.75) is 37.0 Å². The molecule has 0 aliphatic heterocycles. The third kappa shape index (κ3) is 5.79. The Kier molecular flexibility index (Phi) is 5.54. The molecule has 9 heteroatoms. The lowest BCUT2D eigenvalue weighted by molar-refractivity contribution is -0.121. The largest absolute Gasteiger partial charge is 0.467 e. The first kappa shape index (κ1) is 17.3. The number of H-pyrrole nitrogens is 1. The zero-order valence-electron chi connectivity index (χ0n) is 13.4. The van der Waals surface area contributed by atoms with E-state index in [0.29, 0.717) is 23.2 Å². The fourth-order valence-electron chi connectivity index (χ4n) is 2.10. The Bertz CT molecular complexity index is 799. The molecule has 1 saturated carbocycles. The van der Waals surface area contributed by atoms with Gasteiger partial charge in [-0.2, -0.15) is 0 Å². The summed E-state index contributed by atoms with van der Waals surface area (Å²) in [5, 5.41) is 5.87. The average molecular weight is 362 g/mol. The number of carbonyl (C=O) groups excluding carboxylic acids is 2. The maximum Gasteiger partial charge on any atom is 0.251 e. The van der Waals surface area contributed by atoms with Crippen molar-refractivity contribution in [2.24, 2.45) is 0 Å². The molecule has 25 heavy (non-hydrogen) atoms. The monoisotopic (exact) mass is 362 g/mol. The number of carbonyl (C=O) groups is 2. The summed E-state index contributed by atoms with van der Waals surface area (Å²) in [5.41, 5.74) is 0.0445. The number of furan rings is 1. The van der Waals surface area contributed by atoms with Crippen LogP contribution in [0.15, 0.2) is 38.8 Å². The second-order valence-corrected chi connectivity index (χ2v) is 6.67. The predicted molar refractivity (Wildman–Crippen MR) is 91.0 cm³/mol. The molecule has 1 aliphatic rings. The summed E-state index contributed by atoms with van der Waals surface area (Å²) in [6.07, 6.45) is 3.60. The van der Waals surface area contributed by atoms with E-state index in [0.717, 1.165) is 24.6 Å². The van der Waals surface area contributed by atoms with Gasteiger partial charge in [-0.3, -0.25) is 14.4 Å². The van der Waals surface area contributed by atoms with Gasteiger partial charge in [0.25, 0.3) is 5.56 Å². The smallest absolute Gasteiger partial charge is 0.251 e. The Morgan fingerprint density at radius 2 is 2.20 bits per heavy atom. The Balaban J connectivity index is 1.50. The molecule has 1 aliphatic carbocycles. The minimum atomic E-state index is -0.345. The maximum absolute atomic E-state index is 11.8. The molecule has 2 amide bonds. The SMILES string of the molecule is O=C(CSc1nc(CC(=O)NC2CC2)cc(=O)[nH]1)NCc1ccco1. The van der Waals surface area contributed by atoms with Gasteiger partial charge in [-0.1, -0.05) is 11.8 Å². The molecule has 2 aromatic rings. The summed E-state index contributed by atoms with van der Waals surface area (Å²) in [7, 11) is 0.